The van der Waals surface area contributed by atoms with Gasteiger partial charge in [-0.2, -0.15) is 0 Å². The third-order valence-corrected chi connectivity index (χ3v) is 4.47. The smallest absolute Gasteiger partial charge is 0.108 e. The molecule has 3 rings (SSSR count). The van der Waals surface area contributed by atoms with E-state index in [-0.39, 0.29) is 0 Å². The molecule has 1 N–H and O–H groups in total. The minimum absolute atomic E-state index is 0.566. The van der Waals surface area contributed by atoms with E-state index < -0.39 is 0 Å². The molecule has 0 radical (unpaired) electrons. The lowest BCUT2D eigenvalue weighted by Gasteiger charge is -2.35. The van der Waals surface area contributed by atoms with Gasteiger partial charge in [0, 0.05) is 30.6 Å². The molecule has 1 saturated heterocycles. The molecule has 3 heteroatoms. The summed E-state index contributed by atoms with van der Waals surface area (Å²) in [5, 5.41) is 3.64. The molecule has 1 aromatic heterocycles. The van der Waals surface area contributed by atoms with Crippen molar-refractivity contribution < 1.29 is 4.42 Å². The Labute approximate surface area is 110 Å². The van der Waals surface area contributed by atoms with Gasteiger partial charge in [-0.15, -0.1) is 0 Å². The molecule has 2 unspecified atom stereocenters. The van der Waals surface area contributed by atoms with Crippen LogP contribution in [0.1, 0.15) is 49.5 Å². The molecule has 2 atom stereocenters. The van der Waals surface area contributed by atoms with E-state index in [1.165, 1.54) is 50.0 Å². The third-order valence-electron chi connectivity index (χ3n) is 4.47. The number of aryl methyl sites for hydroxylation is 1. The lowest BCUT2D eigenvalue weighted by Crippen LogP contribution is -2.43. The fourth-order valence-electron chi connectivity index (χ4n) is 3.47. The van der Waals surface area contributed by atoms with E-state index in [4.69, 9.17) is 4.42 Å². The maximum Gasteiger partial charge on any atom is 0.108 e. The van der Waals surface area contributed by atoms with Gasteiger partial charge < -0.3 is 9.73 Å². The summed E-state index contributed by atoms with van der Waals surface area (Å²) in [4.78, 5) is 2.52. The zero-order chi connectivity index (χ0) is 12.4. The standard InChI is InChI=1S/C15H24N2O/c1-17(11-12-5-2-3-9-16-12)14-6-4-7-15-13(14)8-10-18-15/h8,10,12,14,16H,2-7,9,11H2,1H3. The zero-order valence-corrected chi connectivity index (χ0v) is 11.3. The zero-order valence-electron chi connectivity index (χ0n) is 11.3. The molecule has 0 amide bonds. The Bertz CT molecular complexity index is 382. The molecule has 1 aliphatic carbocycles. The summed E-state index contributed by atoms with van der Waals surface area (Å²) < 4.78 is 5.58. The number of fused-ring (bicyclic) bond motifs is 1. The van der Waals surface area contributed by atoms with Crippen molar-refractivity contribution in [2.75, 3.05) is 20.1 Å². The first-order valence-corrected chi connectivity index (χ1v) is 7.34. The minimum atomic E-state index is 0.566. The highest BCUT2D eigenvalue weighted by atomic mass is 16.3. The number of piperidine rings is 1. The quantitative estimate of drug-likeness (QED) is 0.891. The lowest BCUT2D eigenvalue weighted by molar-refractivity contribution is 0.183. The van der Waals surface area contributed by atoms with Gasteiger partial charge in [0.25, 0.3) is 0 Å². The van der Waals surface area contributed by atoms with Crippen molar-refractivity contribution in [3.63, 3.8) is 0 Å². The number of hydrogen-bond donors (Lipinski definition) is 1. The second-order valence-corrected chi connectivity index (χ2v) is 5.79. The fourth-order valence-corrected chi connectivity index (χ4v) is 3.47. The molecular weight excluding hydrogens is 224 g/mol. The van der Waals surface area contributed by atoms with E-state index >= 15 is 0 Å². The van der Waals surface area contributed by atoms with Crippen molar-refractivity contribution in [1.82, 2.24) is 10.2 Å². The van der Waals surface area contributed by atoms with E-state index in [1.54, 1.807) is 0 Å². The highest BCUT2D eigenvalue weighted by molar-refractivity contribution is 5.24. The van der Waals surface area contributed by atoms with Crippen molar-refractivity contribution in [1.29, 1.82) is 0 Å². The van der Waals surface area contributed by atoms with Crippen LogP contribution in [0.3, 0.4) is 0 Å². The largest absolute Gasteiger partial charge is 0.469 e. The van der Waals surface area contributed by atoms with Crippen LogP contribution in [-0.4, -0.2) is 31.1 Å². The van der Waals surface area contributed by atoms with Crippen LogP contribution in [-0.2, 0) is 6.42 Å². The highest BCUT2D eigenvalue weighted by Gasteiger charge is 2.27. The Morgan fingerprint density at radius 3 is 3.11 bits per heavy atom. The number of nitrogens with zero attached hydrogens (tertiary/aromatic N) is 1. The van der Waals surface area contributed by atoms with E-state index in [9.17, 15) is 0 Å². The maximum absolute atomic E-state index is 5.58. The van der Waals surface area contributed by atoms with Crippen molar-refractivity contribution in [3.05, 3.63) is 23.7 Å². The number of furan rings is 1. The molecule has 1 fully saturated rings. The van der Waals surface area contributed by atoms with E-state index in [2.05, 4.69) is 23.3 Å². The van der Waals surface area contributed by atoms with Gasteiger partial charge in [0.1, 0.15) is 5.76 Å². The maximum atomic E-state index is 5.58. The summed E-state index contributed by atoms with van der Waals surface area (Å²) in [6.45, 7) is 2.36. The summed E-state index contributed by atoms with van der Waals surface area (Å²) in [5.74, 6) is 1.22. The number of nitrogens with one attached hydrogen (secondary N) is 1. The minimum Gasteiger partial charge on any atom is -0.469 e. The average Bonchev–Trinajstić information content (AvgIpc) is 2.87. The molecule has 3 nitrogen and oxygen atoms in total. The second-order valence-electron chi connectivity index (χ2n) is 5.79. The number of likely N-dealkylation sites (N-methyl/N-ethyl adjacent to an activating group) is 1. The molecule has 2 heterocycles. The molecule has 2 aliphatic rings. The van der Waals surface area contributed by atoms with Gasteiger partial charge >= 0.3 is 0 Å². The monoisotopic (exact) mass is 248 g/mol. The molecule has 0 aromatic carbocycles. The second kappa shape index (κ2) is 5.45. The molecule has 18 heavy (non-hydrogen) atoms. The summed E-state index contributed by atoms with van der Waals surface area (Å²) in [7, 11) is 2.27. The van der Waals surface area contributed by atoms with Gasteiger partial charge in [-0.25, -0.2) is 0 Å². The van der Waals surface area contributed by atoms with E-state index in [1.807, 2.05) is 6.26 Å². The first kappa shape index (κ1) is 12.2. The molecular formula is C15H24N2O. The van der Waals surface area contributed by atoms with Crippen LogP contribution in [0.2, 0.25) is 0 Å². The van der Waals surface area contributed by atoms with Gasteiger partial charge in [0.15, 0.2) is 0 Å². The third kappa shape index (κ3) is 2.47. The first-order valence-electron chi connectivity index (χ1n) is 7.34. The Morgan fingerprint density at radius 2 is 2.28 bits per heavy atom. The van der Waals surface area contributed by atoms with Crippen LogP contribution in [0.4, 0.5) is 0 Å². The molecule has 1 aromatic rings. The van der Waals surface area contributed by atoms with Gasteiger partial charge in [0.05, 0.1) is 6.26 Å². The predicted octanol–water partition coefficient (Wildman–Crippen LogP) is 2.73. The summed E-state index contributed by atoms with van der Waals surface area (Å²) >= 11 is 0. The Balaban J connectivity index is 1.64. The molecule has 1 aliphatic heterocycles. The van der Waals surface area contributed by atoms with Gasteiger partial charge in [-0.3, -0.25) is 4.90 Å². The van der Waals surface area contributed by atoms with Crippen LogP contribution in [0.25, 0.3) is 0 Å². The molecule has 0 saturated carbocycles. The Morgan fingerprint density at radius 1 is 1.33 bits per heavy atom. The molecule has 0 spiro atoms. The molecule has 100 valence electrons. The molecule has 0 bridgehead atoms. The van der Waals surface area contributed by atoms with Gasteiger partial charge in [-0.05, 0) is 45.3 Å². The summed E-state index contributed by atoms with van der Waals surface area (Å²) in [6.07, 6.45) is 9.56. The lowest BCUT2D eigenvalue weighted by atomic mass is 9.92. The Hall–Kier alpha value is -0.800. The van der Waals surface area contributed by atoms with Crippen LogP contribution in [0.5, 0.6) is 0 Å². The summed E-state index contributed by atoms with van der Waals surface area (Å²) in [6, 6.07) is 3.42. The average molecular weight is 248 g/mol. The first-order chi connectivity index (χ1) is 8.84. The topological polar surface area (TPSA) is 28.4 Å². The van der Waals surface area contributed by atoms with Crippen LogP contribution in [0, 0.1) is 0 Å². The van der Waals surface area contributed by atoms with Gasteiger partial charge in [-0.1, -0.05) is 6.42 Å². The van der Waals surface area contributed by atoms with Crippen LogP contribution < -0.4 is 5.32 Å². The van der Waals surface area contributed by atoms with Crippen LogP contribution >= 0.6 is 0 Å². The highest BCUT2D eigenvalue weighted by Crippen LogP contribution is 2.34. The Kier molecular flexibility index (Phi) is 3.71. The van der Waals surface area contributed by atoms with E-state index in [0.717, 1.165) is 13.0 Å². The van der Waals surface area contributed by atoms with Crippen molar-refractivity contribution in [2.24, 2.45) is 0 Å². The van der Waals surface area contributed by atoms with Crippen molar-refractivity contribution >= 4 is 0 Å². The van der Waals surface area contributed by atoms with E-state index in [0.29, 0.717) is 12.1 Å². The number of hydrogen-bond acceptors (Lipinski definition) is 3. The SMILES string of the molecule is CN(CC1CCCCN1)C1CCCc2occc21. The van der Waals surface area contributed by atoms with Crippen LogP contribution in [0.15, 0.2) is 16.7 Å². The van der Waals surface area contributed by atoms with Crippen molar-refractivity contribution in [3.8, 4) is 0 Å². The normalized spacial score (nSPS) is 28.3. The van der Waals surface area contributed by atoms with Gasteiger partial charge in [0.2, 0.25) is 0 Å². The number of rotatable bonds is 3. The van der Waals surface area contributed by atoms with Crippen molar-refractivity contribution in [2.45, 2.75) is 50.6 Å². The fraction of sp³-hybridized carbons (Fsp3) is 0.733. The summed E-state index contributed by atoms with van der Waals surface area (Å²) in [5.41, 5.74) is 1.43. The predicted molar refractivity (Wildman–Crippen MR) is 72.7 cm³/mol.